The van der Waals surface area contributed by atoms with Gasteiger partial charge in [0.05, 0.1) is 7.11 Å². The molecule has 0 saturated heterocycles. The number of esters is 1. The fraction of sp³-hybridized carbons (Fsp3) is 0.857. The third-order valence-corrected chi connectivity index (χ3v) is 1.82. The van der Waals surface area contributed by atoms with Gasteiger partial charge in [0, 0.05) is 0 Å². The van der Waals surface area contributed by atoms with Gasteiger partial charge >= 0.3 is 5.97 Å². The van der Waals surface area contributed by atoms with Gasteiger partial charge in [-0.05, 0) is 12.8 Å². The molecule has 0 saturated carbocycles. The van der Waals surface area contributed by atoms with Crippen molar-refractivity contribution in [2.45, 2.75) is 26.3 Å². The molecule has 3 heteroatoms. The molecule has 0 rings (SSSR count). The maximum Gasteiger partial charge on any atom is 0.325 e. The Labute approximate surface area is 61.5 Å². The molecule has 0 aromatic carbocycles. The Balaban J connectivity index is 4.24. The standard InChI is InChI=1S/C7H15NO2/c1-5(2)7(3,8)6(9)10-4/h5H,8H2,1-4H3/t7-/m0/s1. The molecule has 0 aliphatic rings. The molecule has 60 valence electrons. The van der Waals surface area contributed by atoms with Gasteiger partial charge in [-0.3, -0.25) is 4.79 Å². The minimum absolute atomic E-state index is 0.0972. The molecule has 0 aromatic heterocycles. The van der Waals surface area contributed by atoms with Gasteiger partial charge in [0.1, 0.15) is 5.54 Å². The maximum atomic E-state index is 10.9. The fourth-order valence-electron chi connectivity index (χ4n) is 0.456. The summed E-state index contributed by atoms with van der Waals surface area (Å²) in [7, 11) is 1.34. The second-order valence-corrected chi connectivity index (χ2v) is 2.93. The summed E-state index contributed by atoms with van der Waals surface area (Å²) in [5.74, 6) is -0.262. The average Bonchev–Trinajstić information content (AvgIpc) is 1.86. The van der Waals surface area contributed by atoms with Crippen molar-refractivity contribution in [1.29, 1.82) is 0 Å². The highest BCUT2D eigenvalue weighted by Gasteiger charge is 2.32. The van der Waals surface area contributed by atoms with Crippen molar-refractivity contribution in [3.05, 3.63) is 0 Å². The van der Waals surface area contributed by atoms with Crippen LogP contribution in [0, 0.1) is 5.92 Å². The molecule has 2 N–H and O–H groups in total. The first kappa shape index (κ1) is 9.43. The van der Waals surface area contributed by atoms with Crippen molar-refractivity contribution in [2.24, 2.45) is 11.7 Å². The molecule has 1 atom stereocenters. The molecule has 0 fully saturated rings. The lowest BCUT2D eigenvalue weighted by Gasteiger charge is -2.25. The Bertz CT molecular complexity index is 130. The van der Waals surface area contributed by atoms with Gasteiger partial charge in [-0.25, -0.2) is 0 Å². The molecule has 0 amide bonds. The van der Waals surface area contributed by atoms with E-state index in [1.165, 1.54) is 7.11 Å². The normalized spacial score (nSPS) is 16.6. The van der Waals surface area contributed by atoms with Gasteiger partial charge in [-0.15, -0.1) is 0 Å². The van der Waals surface area contributed by atoms with Crippen LogP contribution in [0.1, 0.15) is 20.8 Å². The second-order valence-electron chi connectivity index (χ2n) is 2.93. The molecule has 0 spiro atoms. The smallest absolute Gasteiger partial charge is 0.325 e. The molecule has 10 heavy (non-hydrogen) atoms. The number of hydrogen-bond donors (Lipinski definition) is 1. The topological polar surface area (TPSA) is 52.3 Å². The Morgan fingerprint density at radius 2 is 2.00 bits per heavy atom. The highest BCUT2D eigenvalue weighted by Crippen LogP contribution is 2.13. The Kier molecular flexibility index (Phi) is 2.84. The van der Waals surface area contributed by atoms with Gasteiger partial charge in [-0.2, -0.15) is 0 Å². The van der Waals surface area contributed by atoms with Gasteiger partial charge in [0.15, 0.2) is 0 Å². The van der Waals surface area contributed by atoms with Crippen molar-refractivity contribution in [3.63, 3.8) is 0 Å². The number of rotatable bonds is 2. The summed E-state index contributed by atoms with van der Waals surface area (Å²) in [5, 5.41) is 0. The van der Waals surface area contributed by atoms with E-state index in [2.05, 4.69) is 4.74 Å². The number of hydrogen-bond acceptors (Lipinski definition) is 3. The summed E-state index contributed by atoms with van der Waals surface area (Å²) in [6.07, 6.45) is 0. The van der Waals surface area contributed by atoms with Crippen LogP contribution in [-0.4, -0.2) is 18.6 Å². The third-order valence-electron chi connectivity index (χ3n) is 1.82. The van der Waals surface area contributed by atoms with Crippen LogP contribution in [0.15, 0.2) is 0 Å². The lowest BCUT2D eigenvalue weighted by Crippen LogP contribution is -2.50. The minimum Gasteiger partial charge on any atom is -0.468 e. The summed E-state index contributed by atoms with van der Waals surface area (Å²) in [6, 6.07) is 0. The first-order valence-corrected chi connectivity index (χ1v) is 3.30. The summed E-state index contributed by atoms with van der Waals surface area (Å²) in [5.41, 5.74) is 4.79. The van der Waals surface area contributed by atoms with E-state index in [1.54, 1.807) is 6.92 Å². The molecule has 0 radical (unpaired) electrons. The van der Waals surface area contributed by atoms with Crippen LogP contribution in [-0.2, 0) is 9.53 Å². The van der Waals surface area contributed by atoms with Crippen LogP contribution >= 0.6 is 0 Å². The molecule has 0 heterocycles. The first-order valence-electron chi connectivity index (χ1n) is 3.30. The summed E-state index contributed by atoms with van der Waals surface area (Å²) >= 11 is 0. The van der Waals surface area contributed by atoms with E-state index >= 15 is 0 Å². The quantitative estimate of drug-likeness (QED) is 0.577. The van der Waals surface area contributed by atoms with E-state index in [0.717, 1.165) is 0 Å². The third kappa shape index (κ3) is 1.70. The SMILES string of the molecule is COC(=O)[C@@](C)(N)C(C)C. The minimum atomic E-state index is -0.852. The van der Waals surface area contributed by atoms with Crippen molar-refractivity contribution in [2.75, 3.05) is 7.11 Å². The first-order chi connectivity index (χ1) is 4.42. The molecule has 0 unspecified atom stereocenters. The van der Waals surface area contributed by atoms with E-state index in [4.69, 9.17) is 5.73 Å². The zero-order chi connectivity index (χ0) is 8.36. The largest absolute Gasteiger partial charge is 0.468 e. The summed E-state index contributed by atoms with van der Waals surface area (Å²) < 4.78 is 4.51. The van der Waals surface area contributed by atoms with Crippen LogP contribution in [0.4, 0.5) is 0 Å². The molecule has 0 aliphatic heterocycles. The predicted molar refractivity (Wildman–Crippen MR) is 39.4 cm³/mol. The number of methoxy groups -OCH3 is 1. The Morgan fingerprint density at radius 3 is 2.10 bits per heavy atom. The van der Waals surface area contributed by atoms with Gasteiger partial charge in [0.2, 0.25) is 0 Å². The van der Waals surface area contributed by atoms with Gasteiger partial charge < -0.3 is 10.5 Å². The van der Waals surface area contributed by atoms with E-state index in [9.17, 15) is 4.79 Å². The van der Waals surface area contributed by atoms with Crippen molar-refractivity contribution < 1.29 is 9.53 Å². The molecular formula is C7H15NO2. The lowest BCUT2D eigenvalue weighted by molar-refractivity contribution is -0.148. The van der Waals surface area contributed by atoms with Crippen LogP contribution in [0.2, 0.25) is 0 Å². The molecule has 0 aliphatic carbocycles. The van der Waals surface area contributed by atoms with E-state index in [1.807, 2.05) is 13.8 Å². The molecule has 3 nitrogen and oxygen atoms in total. The molecule has 0 bridgehead atoms. The second kappa shape index (κ2) is 3.01. The van der Waals surface area contributed by atoms with Crippen LogP contribution in [0.25, 0.3) is 0 Å². The van der Waals surface area contributed by atoms with Crippen molar-refractivity contribution in [1.82, 2.24) is 0 Å². The Morgan fingerprint density at radius 1 is 1.60 bits per heavy atom. The predicted octanol–water partition coefficient (Wildman–Crippen LogP) is 0.533. The van der Waals surface area contributed by atoms with E-state index in [0.29, 0.717) is 0 Å². The number of nitrogens with two attached hydrogens (primary N) is 1. The fourth-order valence-corrected chi connectivity index (χ4v) is 0.456. The average molecular weight is 145 g/mol. The maximum absolute atomic E-state index is 10.9. The molecule has 0 aromatic rings. The Hall–Kier alpha value is -0.570. The highest BCUT2D eigenvalue weighted by molar-refractivity contribution is 5.80. The summed E-state index contributed by atoms with van der Waals surface area (Å²) in [6.45, 7) is 5.44. The zero-order valence-electron chi connectivity index (χ0n) is 6.97. The van der Waals surface area contributed by atoms with Gasteiger partial charge in [0.25, 0.3) is 0 Å². The van der Waals surface area contributed by atoms with E-state index in [-0.39, 0.29) is 11.9 Å². The van der Waals surface area contributed by atoms with Crippen molar-refractivity contribution >= 4 is 5.97 Å². The van der Waals surface area contributed by atoms with E-state index < -0.39 is 5.54 Å². The van der Waals surface area contributed by atoms with Crippen molar-refractivity contribution in [3.8, 4) is 0 Å². The van der Waals surface area contributed by atoms with Crippen LogP contribution < -0.4 is 5.73 Å². The zero-order valence-corrected chi connectivity index (χ0v) is 6.97. The number of carbonyl (C=O) groups excluding carboxylic acids is 1. The van der Waals surface area contributed by atoms with Gasteiger partial charge in [-0.1, -0.05) is 13.8 Å². The molecular weight excluding hydrogens is 130 g/mol. The number of carbonyl (C=O) groups is 1. The lowest BCUT2D eigenvalue weighted by atomic mass is 9.90. The van der Waals surface area contributed by atoms with Crippen LogP contribution in [0.5, 0.6) is 0 Å². The monoisotopic (exact) mass is 145 g/mol. The highest BCUT2D eigenvalue weighted by atomic mass is 16.5. The van der Waals surface area contributed by atoms with Crippen LogP contribution in [0.3, 0.4) is 0 Å². The number of ether oxygens (including phenoxy) is 1. The summed E-state index contributed by atoms with van der Waals surface area (Å²) in [4.78, 5) is 10.9.